The Balaban J connectivity index is 1.53. The quantitative estimate of drug-likeness (QED) is 0.595. The fraction of sp³-hybridized carbons (Fsp3) is 0.105. The molecule has 3 aromatic rings. The summed E-state index contributed by atoms with van der Waals surface area (Å²) in [5.74, 6) is -0.412. The maximum absolute atomic E-state index is 12.3. The summed E-state index contributed by atoms with van der Waals surface area (Å²) in [4.78, 5) is 12.3. The average Bonchev–Trinajstić information content (AvgIpc) is 3.00. The van der Waals surface area contributed by atoms with Gasteiger partial charge in [0.1, 0.15) is 6.61 Å². The van der Waals surface area contributed by atoms with Crippen LogP contribution in [0.25, 0.3) is 10.8 Å². The topological polar surface area (TPSA) is 55.8 Å². The average molecular weight is 318 g/mol. The zero-order valence-electron chi connectivity index (χ0n) is 12.9. The molecule has 0 fully saturated rings. The van der Waals surface area contributed by atoms with E-state index >= 15 is 0 Å². The van der Waals surface area contributed by atoms with Gasteiger partial charge in [-0.25, -0.2) is 4.79 Å². The summed E-state index contributed by atoms with van der Waals surface area (Å²) in [5, 5.41) is 11.9. The first-order valence-electron chi connectivity index (χ1n) is 7.78. The summed E-state index contributed by atoms with van der Waals surface area (Å²) in [7, 11) is -0.967. The van der Waals surface area contributed by atoms with Crippen molar-refractivity contribution in [3.8, 4) is 0 Å². The molecule has 1 aliphatic rings. The van der Waals surface area contributed by atoms with Crippen LogP contribution in [-0.4, -0.2) is 18.1 Å². The first-order chi connectivity index (χ1) is 11.7. The Hall–Kier alpha value is -2.63. The van der Waals surface area contributed by atoms with E-state index in [1.165, 1.54) is 0 Å². The SMILES string of the molecule is O=C(OCc1cccc2ccccc12)c1ccc2c(c1)B(O)OC2. The highest BCUT2D eigenvalue weighted by molar-refractivity contribution is 6.61. The van der Waals surface area contributed by atoms with Gasteiger partial charge in [-0.1, -0.05) is 48.5 Å². The molecule has 1 heterocycles. The second-order valence-corrected chi connectivity index (χ2v) is 5.79. The van der Waals surface area contributed by atoms with E-state index in [1.54, 1.807) is 18.2 Å². The van der Waals surface area contributed by atoms with Crippen LogP contribution >= 0.6 is 0 Å². The van der Waals surface area contributed by atoms with Gasteiger partial charge >= 0.3 is 13.1 Å². The van der Waals surface area contributed by atoms with Crippen molar-refractivity contribution in [3.63, 3.8) is 0 Å². The van der Waals surface area contributed by atoms with Gasteiger partial charge in [-0.3, -0.25) is 0 Å². The molecule has 5 heteroatoms. The van der Waals surface area contributed by atoms with Gasteiger partial charge < -0.3 is 14.4 Å². The molecule has 0 aromatic heterocycles. The Morgan fingerprint density at radius 2 is 1.96 bits per heavy atom. The van der Waals surface area contributed by atoms with Crippen LogP contribution in [0.5, 0.6) is 0 Å². The predicted molar refractivity (Wildman–Crippen MR) is 91.9 cm³/mol. The third-order valence-electron chi connectivity index (χ3n) is 4.28. The standard InChI is InChI=1S/C19H15BO4/c21-19(14-8-9-16-12-24-20(22)18(16)10-14)23-11-15-6-3-5-13-4-1-2-7-17(13)15/h1-10,22H,11-12H2. The lowest BCUT2D eigenvalue weighted by atomic mass is 9.79. The minimum Gasteiger partial charge on any atom is -0.457 e. The van der Waals surface area contributed by atoms with E-state index in [2.05, 4.69) is 0 Å². The van der Waals surface area contributed by atoms with Gasteiger partial charge in [-0.15, -0.1) is 0 Å². The van der Waals surface area contributed by atoms with Gasteiger partial charge in [-0.2, -0.15) is 0 Å². The maximum atomic E-state index is 12.3. The zero-order valence-corrected chi connectivity index (χ0v) is 12.9. The molecule has 118 valence electrons. The Kier molecular flexibility index (Phi) is 3.80. The zero-order chi connectivity index (χ0) is 16.5. The molecule has 0 aliphatic carbocycles. The first kappa shape index (κ1) is 14.9. The highest BCUT2D eigenvalue weighted by atomic mass is 16.5. The Morgan fingerprint density at radius 3 is 2.88 bits per heavy atom. The molecular formula is C19H15BO4. The first-order valence-corrected chi connectivity index (χ1v) is 7.78. The molecule has 4 nitrogen and oxygen atoms in total. The molecule has 0 unspecified atom stereocenters. The maximum Gasteiger partial charge on any atom is 0.491 e. The van der Waals surface area contributed by atoms with Crippen molar-refractivity contribution in [1.82, 2.24) is 0 Å². The molecule has 0 spiro atoms. The Labute approximate surface area is 139 Å². The largest absolute Gasteiger partial charge is 0.491 e. The van der Waals surface area contributed by atoms with E-state index in [0.29, 0.717) is 17.6 Å². The third-order valence-corrected chi connectivity index (χ3v) is 4.28. The second kappa shape index (κ2) is 6.11. The highest BCUT2D eigenvalue weighted by Gasteiger charge is 2.28. The van der Waals surface area contributed by atoms with Crippen LogP contribution in [0.15, 0.2) is 60.7 Å². The highest BCUT2D eigenvalue weighted by Crippen LogP contribution is 2.20. The van der Waals surface area contributed by atoms with Crippen LogP contribution in [0.1, 0.15) is 21.5 Å². The van der Waals surface area contributed by atoms with E-state index < -0.39 is 13.1 Å². The lowest BCUT2D eigenvalue weighted by Crippen LogP contribution is -2.28. The normalized spacial score (nSPS) is 13.1. The molecule has 4 rings (SSSR count). The third kappa shape index (κ3) is 2.68. The number of hydrogen-bond acceptors (Lipinski definition) is 4. The summed E-state index contributed by atoms with van der Waals surface area (Å²) in [6.07, 6.45) is 0. The molecule has 1 aliphatic heterocycles. The van der Waals surface area contributed by atoms with E-state index in [1.807, 2.05) is 42.5 Å². The number of ether oxygens (including phenoxy) is 1. The number of hydrogen-bond donors (Lipinski definition) is 1. The van der Waals surface area contributed by atoms with Gasteiger partial charge in [0.25, 0.3) is 0 Å². The van der Waals surface area contributed by atoms with Crippen LogP contribution in [0.4, 0.5) is 0 Å². The van der Waals surface area contributed by atoms with E-state index in [9.17, 15) is 9.82 Å². The number of rotatable bonds is 3. The van der Waals surface area contributed by atoms with E-state index in [4.69, 9.17) is 9.39 Å². The van der Waals surface area contributed by atoms with Gasteiger partial charge in [0, 0.05) is 0 Å². The Morgan fingerprint density at radius 1 is 1.12 bits per heavy atom. The van der Waals surface area contributed by atoms with Crippen LogP contribution in [-0.2, 0) is 22.6 Å². The van der Waals surface area contributed by atoms with Crippen molar-refractivity contribution in [2.24, 2.45) is 0 Å². The molecule has 0 saturated heterocycles. The van der Waals surface area contributed by atoms with Crippen molar-refractivity contribution in [3.05, 3.63) is 77.4 Å². The smallest absolute Gasteiger partial charge is 0.457 e. The van der Waals surface area contributed by atoms with Crippen LogP contribution in [0, 0.1) is 0 Å². The van der Waals surface area contributed by atoms with Gasteiger partial charge in [-0.05, 0) is 39.5 Å². The summed E-state index contributed by atoms with van der Waals surface area (Å²) >= 11 is 0. The predicted octanol–water partition coefficient (Wildman–Crippen LogP) is 2.41. The molecule has 24 heavy (non-hydrogen) atoms. The number of carbonyl (C=O) groups excluding carboxylic acids is 1. The van der Waals surface area contributed by atoms with Gasteiger partial charge in [0.2, 0.25) is 0 Å². The molecule has 0 saturated carbocycles. The van der Waals surface area contributed by atoms with Crippen LogP contribution in [0.2, 0.25) is 0 Å². The fourth-order valence-electron chi connectivity index (χ4n) is 2.99. The molecule has 3 aromatic carbocycles. The summed E-state index contributed by atoms with van der Waals surface area (Å²) < 4.78 is 10.6. The minimum absolute atomic E-state index is 0.205. The number of benzene rings is 3. The lowest BCUT2D eigenvalue weighted by molar-refractivity contribution is 0.0474. The van der Waals surface area contributed by atoms with Crippen molar-refractivity contribution >= 4 is 29.3 Å². The van der Waals surface area contributed by atoms with Crippen molar-refractivity contribution in [2.45, 2.75) is 13.2 Å². The van der Waals surface area contributed by atoms with Crippen molar-refractivity contribution in [2.75, 3.05) is 0 Å². The number of fused-ring (bicyclic) bond motifs is 2. The molecular weight excluding hydrogens is 303 g/mol. The second-order valence-electron chi connectivity index (χ2n) is 5.79. The summed E-state index contributed by atoms with van der Waals surface area (Å²) in [6, 6.07) is 19.1. The number of esters is 1. The minimum atomic E-state index is -0.967. The van der Waals surface area contributed by atoms with Gasteiger partial charge in [0.15, 0.2) is 0 Å². The molecule has 0 amide bonds. The summed E-state index contributed by atoms with van der Waals surface area (Å²) in [6.45, 7) is 0.568. The van der Waals surface area contributed by atoms with Crippen LogP contribution in [0.3, 0.4) is 0 Å². The van der Waals surface area contributed by atoms with E-state index in [-0.39, 0.29) is 6.61 Å². The monoisotopic (exact) mass is 318 g/mol. The van der Waals surface area contributed by atoms with Gasteiger partial charge in [0.05, 0.1) is 12.2 Å². The van der Waals surface area contributed by atoms with Crippen LogP contribution < -0.4 is 5.46 Å². The lowest BCUT2D eigenvalue weighted by Gasteiger charge is -2.09. The fourth-order valence-corrected chi connectivity index (χ4v) is 2.99. The number of carbonyl (C=O) groups is 1. The molecule has 0 atom stereocenters. The van der Waals surface area contributed by atoms with Crippen molar-refractivity contribution < 1.29 is 19.2 Å². The molecule has 1 N–H and O–H groups in total. The Bertz CT molecular complexity index is 917. The molecule has 0 radical (unpaired) electrons. The van der Waals surface area contributed by atoms with Crippen molar-refractivity contribution in [1.29, 1.82) is 0 Å². The molecule has 0 bridgehead atoms. The van der Waals surface area contributed by atoms with E-state index in [0.717, 1.165) is 21.9 Å². The summed E-state index contributed by atoms with van der Waals surface area (Å²) in [5.41, 5.74) is 2.91.